The fourth-order valence-corrected chi connectivity index (χ4v) is 1.22. The van der Waals surface area contributed by atoms with Crippen LogP contribution in [0, 0.1) is 0 Å². The molecule has 0 bridgehead atoms. The molecule has 0 unspecified atom stereocenters. The monoisotopic (exact) mass is 213 g/mol. The number of rotatable bonds is 2. The Morgan fingerprint density at radius 3 is 3.00 bits per heavy atom. The standard InChI is InChI=1S/C9H12BrN/c1-2-8-4-3-5-9(6-10)11-7-8/h3-5,7,11H,2,6H2,1H3. The Kier molecular flexibility index (Phi) is 3.43. The lowest BCUT2D eigenvalue weighted by Gasteiger charge is -2.00. The molecule has 0 aromatic carbocycles. The summed E-state index contributed by atoms with van der Waals surface area (Å²) in [6, 6.07) is 0. The van der Waals surface area contributed by atoms with Crippen LogP contribution in [0.3, 0.4) is 0 Å². The van der Waals surface area contributed by atoms with Crippen LogP contribution in [0.15, 0.2) is 35.7 Å². The van der Waals surface area contributed by atoms with Crippen LogP contribution in [-0.4, -0.2) is 5.33 Å². The number of halogens is 1. The van der Waals surface area contributed by atoms with E-state index < -0.39 is 0 Å². The molecule has 0 saturated carbocycles. The van der Waals surface area contributed by atoms with Crippen LogP contribution >= 0.6 is 15.9 Å². The largest absolute Gasteiger partial charge is 0.364 e. The summed E-state index contributed by atoms with van der Waals surface area (Å²) in [6.07, 6.45) is 9.41. The molecule has 11 heavy (non-hydrogen) atoms. The molecule has 0 aromatic rings. The van der Waals surface area contributed by atoms with Gasteiger partial charge in [0.25, 0.3) is 0 Å². The zero-order valence-corrected chi connectivity index (χ0v) is 8.19. The molecule has 1 N–H and O–H groups in total. The van der Waals surface area contributed by atoms with E-state index in [4.69, 9.17) is 0 Å². The summed E-state index contributed by atoms with van der Waals surface area (Å²) in [5.74, 6) is 0. The minimum atomic E-state index is 0.880. The zero-order valence-electron chi connectivity index (χ0n) is 6.60. The third-order valence-corrected chi connectivity index (χ3v) is 2.21. The van der Waals surface area contributed by atoms with Crippen molar-refractivity contribution in [1.82, 2.24) is 5.32 Å². The van der Waals surface area contributed by atoms with Crippen LogP contribution in [0.5, 0.6) is 0 Å². The topological polar surface area (TPSA) is 12.0 Å². The Balaban J connectivity index is 2.66. The highest BCUT2D eigenvalue weighted by molar-refractivity contribution is 9.09. The molecular formula is C9H12BrN. The van der Waals surface area contributed by atoms with Crippen molar-refractivity contribution in [3.05, 3.63) is 35.7 Å². The van der Waals surface area contributed by atoms with Crippen molar-refractivity contribution in [2.45, 2.75) is 13.3 Å². The Hall–Kier alpha value is -0.500. The van der Waals surface area contributed by atoms with E-state index in [0.717, 1.165) is 11.8 Å². The van der Waals surface area contributed by atoms with E-state index in [1.54, 1.807) is 0 Å². The first-order valence-corrected chi connectivity index (χ1v) is 4.87. The molecule has 0 aromatic heterocycles. The number of hydrogen-bond donors (Lipinski definition) is 1. The zero-order chi connectivity index (χ0) is 8.10. The first-order chi connectivity index (χ1) is 5.36. The van der Waals surface area contributed by atoms with Gasteiger partial charge in [0.2, 0.25) is 0 Å². The number of hydrogen-bond acceptors (Lipinski definition) is 1. The molecule has 0 aliphatic carbocycles. The van der Waals surface area contributed by atoms with Gasteiger partial charge in [0.1, 0.15) is 0 Å². The molecule has 1 aliphatic rings. The maximum Gasteiger partial charge on any atom is 0.0434 e. The van der Waals surface area contributed by atoms with E-state index in [2.05, 4.69) is 52.6 Å². The van der Waals surface area contributed by atoms with Gasteiger partial charge >= 0.3 is 0 Å². The van der Waals surface area contributed by atoms with Crippen molar-refractivity contribution >= 4 is 15.9 Å². The van der Waals surface area contributed by atoms with Crippen LogP contribution in [0.2, 0.25) is 0 Å². The van der Waals surface area contributed by atoms with Crippen LogP contribution in [-0.2, 0) is 0 Å². The van der Waals surface area contributed by atoms with Crippen LogP contribution in [0.1, 0.15) is 13.3 Å². The molecule has 2 heteroatoms. The third-order valence-electron chi connectivity index (χ3n) is 1.60. The van der Waals surface area contributed by atoms with E-state index in [0.29, 0.717) is 0 Å². The molecule has 1 aliphatic heterocycles. The first-order valence-electron chi connectivity index (χ1n) is 3.75. The molecule has 0 radical (unpaired) electrons. The predicted molar refractivity (Wildman–Crippen MR) is 52.5 cm³/mol. The summed E-state index contributed by atoms with van der Waals surface area (Å²) in [7, 11) is 0. The van der Waals surface area contributed by atoms with Gasteiger partial charge in [-0.25, -0.2) is 0 Å². The Labute approximate surface area is 76.0 Å². The third kappa shape index (κ3) is 2.54. The van der Waals surface area contributed by atoms with Gasteiger partial charge < -0.3 is 5.32 Å². The van der Waals surface area contributed by atoms with E-state index in [-0.39, 0.29) is 0 Å². The van der Waals surface area contributed by atoms with Crippen molar-refractivity contribution in [2.75, 3.05) is 5.33 Å². The first kappa shape index (κ1) is 8.60. The molecular weight excluding hydrogens is 202 g/mol. The smallest absolute Gasteiger partial charge is 0.0434 e. The highest BCUT2D eigenvalue weighted by Crippen LogP contribution is 2.07. The Bertz CT molecular complexity index is 214. The second kappa shape index (κ2) is 4.39. The Morgan fingerprint density at radius 1 is 1.55 bits per heavy atom. The lowest BCUT2D eigenvalue weighted by Crippen LogP contribution is -2.05. The maximum atomic E-state index is 3.39. The molecule has 0 fully saturated rings. The van der Waals surface area contributed by atoms with Gasteiger partial charge in [0, 0.05) is 17.2 Å². The lowest BCUT2D eigenvalue weighted by atomic mass is 10.2. The Morgan fingerprint density at radius 2 is 2.36 bits per heavy atom. The van der Waals surface area contributed by atoms with Gasteiger partial charge in [-0.15, -0.1) is 0 Å². The average molecular weight is 214 g/mol. The number of allylic oxidation sites excluding steroid dienone is 5. The quantitative estimate of drug-likeness (QED) is 0.697. The summed E-state index contributed by atoms with van der Waals surface area (Å²) in [5.41, 5.74) is 2.53. The molecule has 0 amide bonds. The summed E-state index contributed by atoms with van der Waals surface area (Å²) in [4.78, 5) is 0. The van der Waals surface area contributed by atoms with Crippen LogP contribution in [0.4, 0.5) is 0 Å². The second-order valence-corrected chi connectivity index (χ2v) is 2.96. The van der Waals surface area contributed by atoms with E-state index >= 15 is 0 Å². The fraction of sp³-hybridized carbons (Fsp3) is 0.333. The van der Waals surface area contributed by atoms with Crippen LogP contribution in [0.25, 0.3) is 0 Å². The molecule has 0 saturated heterocycles. The minimum Gasteiger partial charge on any atom is -0.364 e. The summed E-state index contributed by atoms with van der Waals surface area (Å²) >= 11 is 3.39. The van der Waals surface area contributed by atoms with Gasteiger partial charge in [-0.05, 0) is 18.1 Å². The fourth-order valence-electron chi connectivity index (χ4n) is 0.873. The van der Waals surface area contributed by atoms with Crippen LogP contribution < -0.4 is 5.32 Å². The van der Waals surface area contributed by atoms with E-state index in [9.17, 15) is 0 Å². The number of alkyl halides is 1. The number of nitrogens with one attached hydrogen (secondary N) is 1. The maximum absolute atomic E-state index is 3.39. The highest BCUT2D eigenvalue weighted by atomic mass is 79.9. The minimum absolute atomic E-state index is 0.880. The molecule has 60 valence electrons. The van der Waals surface area contributed by atoms with Crippen molar-refractivity contribution in [2.24, 2.45) is 0 Å². The van der Waals surface area contributed by atoms with Crippen molar-refractivity contribution in [3.63, 3.8) is 0 Å². The molecule has 1 heterocycles. The summed E-state index contributed by atoms with van der Waals surface area (Å²) in [5, 5.41) is 4.10. The average Bonchev–Trinajstić information content (AvgIpc) is 2.28. The van der Waals surface area contributed by atoms with Crippen molar-refractivity contribution in [1.29, 1.82) is 0 Å². The van der Waals surface area contributed by atoms with Gasteiger partial charge in [0.15, 0.2) is 0 Å². The molecule has 1 rings (SSSR count). The van der Waals surface area contributed by atoms with E-state index in [1.807, 2.05) is 0 Å². The lowest BCUT2D eigenvalue weighted by molar-refractivity contribution is 1.03. The van der Waals surface area contributed by atoms with E-state index in [1.165, 1.54) is 11.3 Å². The predicted octanol–water partition coefficient (Wildman–Crippen LogP) is 2.72. The van der Waals surface area contributed by atoms with Gasteiger partial charge in [-0.3, -0.25) is 0 Å². The normalized spacial score (nSPS) is 16.5. The SMILES string of the molecule is CCC1=CNC(CBr)=CC=C1. The highest BCUT2D eigenvalue weighted by Gasteiger charge is 1.94. The van der Waals surface area contributed by atoms with Gasteiger partial charge in [-0.1, -0.05) is 35.0 Å². The summed E-state index contributed by atoms with van der Waals surface area (Å²) < 4.78 is 0. The van der Waals surface area contributed by atoms with Crippen molar-refractivity contribution in [3.8, 4) is 0 Å². The van der Waals surface area contributed by atoms with Gasteiger partial charge in [0.05, 0.1) is 0 Å². The van der Waals surface area contributed by atoms with Crippen molar-refractivity contribution < 1.29 is 0 Å². The summed E-state index contributed by atoms with van der Waals surface area (Å²) in [6.45, 7) is 2.15. The van der Waals surface area contributed by atoms with Gasteiger partial charge in [-0.2, -0.15) is 0 Å². The molecule has 0 atom stereocenters. The molecule has 1 nitrogen and oxygen atoms in total. The second-order valence-electron chi connectivity index (χ2n) is 2.40. The molecule has 0 spiro atoms.